The number of hydrogen-bond acceptors (Lipinski definition) is 4. The normalized spacial score (nSPS) is 9.73. The van der Waals surface area contributed by atoms with E-state index in [2.05, 4.69) is 10.6 Å². The minimum atomic E-state index is -0.265. The van der Waals surface area contributed by atoms with Crippen molar-refractivity contribution in [2.24, 2.45) is 0 Å². The van der Waals surface area contributed by atoms with E-state index in [-0.39, 0.29) is 11.0 Å². The number of benzene rings is 2. The highest BCUT2D eigenvalue weighted by Crippen LogP contribution is 2.29. The first-order valence-corrected chi connectivity index (χ1v) is 6.94. The number of nitrogens with one attached hydrogen (secondary N) is 2. The topological polar surface area (TPSA) is 59.6 Å². The van der Waals surface area contributed by atoms with Gasteiger partial charge >= 0.3 is 0 Å². The van der Waals surface area contributed by atoms with Crippen molar-refractivity contribution in [2.45, 2.75) is 0 Å². The van der Waals surface area contributed by atoms with E-state index < -0.39 is 0 Å². The molecule has 0 atom stereocenters. The van der Waals surface area contributed by atoms with E-state index in [0.29, 0.717) is 22.7 Å². The van der Waals surface area contributed by atoms with Gasteiger partial charge in [0.05, 0.1) is 14.2 Å². The summed E-state index contributed by atoms with van der Waals surface area (Å²) in [5, 5.41) is 5.76. The Morgan fingerprint density at radius 1 is 1.00 bits per heavy atom. The summed E-state index contributed by atoms with van der Waals surface area (Å²) in [5.74, 6) is 0.926. The molecule has 0 bridgehead atoms. The van der Waals surface area contributed by atoms with Crippen molar-refractivity contribution in [3.05, 3.63) is 54.1 Å². The van der Waals surface area contributed by atoms with E-state index in [1.54, 1.807) is 56.7 Å². The van der Waals surface area contributed by atoms with Crippen LogP contribution < -0.4 is 20.1 Å². The molecule has 6 heteroatoms. The smallest absolute Gasteiger partial charge is 0.257 e. The summed E-state index contributed by atoms with van der Waals surface area (Å²) in [7, 11) is 3.12. The minimum absolute atomic E-state index is 0.209. The van der Waals surface area contributed by atoms with Gasteiger partial charge in [-0.05, 0) is 36.5 Å². The number of amides is 1. The van der Waals surface area contributed by atoms with Crippen LogP contribution in [0.3, 0.4) is 0 Å². The largest absolute Gasteiger partial charge is 0.493 e. The molecule has 0 spiro atoms. The molecule has 0 aliphatic rings. The second kappa shape index (κ2) is 7.42. The lowest BCUT2D eigenvalue weighted by Crippen LogP contribution is -2.34. The lowest BCUT2D eigenvalue weighted by Gasteiger charge is -2.12. The molecule has 0 unspecified atom stereocenters. The first kappa shape index (κ1) is 15.8. The summed E-state index contributed by atoms with van der Waals surface area (Å²) in [6.45, 7) is 0. The Bertz CT molecular complexity index is 674. The molecule has 2 rings (SSSR count). The van der Waals surface area contributed by atoms with Crippen molar-refractivity contribution in [2.75, 3.05) is 19.5 Å². The SMILES string of the molecule is COc1ccc(NC(=S)NC(=O)c2ccccc2)cc1OC. The Hall–Kier alpha value is -2.60. The lowest BCUT2D eigenvalue weighted by atomic mass is 10.2. The quantitative estimate of drug-likeness (QED) is 0.850. The van der Waals surface area contributed by atoms with Gasteiger partial charge in [-0.3, -0.25) is 10.1 Å². The Kier molecular flexibility index (Phi) is 5.32. The van der Waals surface area contributed by atoms with Crippen LogP contribution in [0.5, 0.6) is 11.5 Å². The Balaban J connectivity index is 2.02. The van der Waals surface area contributed by atoms with Crippen LogP contribution in [-0.4, -0.2) is 25.2 Å². The summed E-state index contributed by atoms with van der Waals surface area (Å²) < 4.78 is 10.4. The summed E-state index contributed by atoms with van der Waals surface area (Å²) in [6.07, 6.45) is 0. The molecule has 22 heavy (non-hydrogen) atoms. The number of methoxy groups -OCH3 is 2. The summed E-state index contributed by atoms with van der Waals surface area (Å²) in [6, 6.07) is 14.1. The predicted octanol–water partition coefficient (Wildman–Crippen LogP) is 2.83. The van der Waals surface area contributed by atoms with Gasteiger partial charge in [0.1, 0.15) is 0 Å². The fourth-order valence-electron chi connectivity index (χ4n) is 1.84. The van der Waals surface area contributed by atoms with Crippen LogP contribution in [0.4, 0.5) is 5.69 Å². The van der Waals surface area contributed by atoms with Crippen molar-refractivity contribution in [1.82, 2.24) is 5.32 Å². The second-order valence-corrected chi connectivity index (χ2v) is 4.75. The zero-order valence-corrected chi connectivity index (χ0v) is 13.1. The number of carbonyl (C=O) groups excluding carboxylic acids is 1. The maximum Gasteiger partial charge on any atom is 0.257 e. The maximum atomic E-state index is 12.0. The molecule has 1 amide bonds. The molecule has 2 aromatic carbocycles. The highest BCUT2D eigenvalue weighted by Gasteiger charge is 2.09. The van der Waals surface area contributed by atoms with Crippen LogP contribution in [0, 0.1) is 0 Å². The third kappa shape index (κ3) is 3.95. The van der Waals surface area contributed by atoms with E-state index in [0.717, 1.165) is 0 Å². The summed E-state index contributed by atoms with van der Waals surface area (Å²) in [4.78, 5) is 12.0. The molecule has 2 N–H and O–H groups in total. The molecule has 0 aliphatic carbocycles. The molecule has 0 aromatic heterocycles. The first-order valence-electron chi connectivity index (χ1n) is 6.53. The number of ether oxygens (including phenoxy) is 2. The second-order valence-electron chi connectivity index (χ2n) is 4.34. The van der Waals surface area contributed by atoms with Crippen molar-refractivity contribution in [3.8, 4) is 11.5 Å². The summed E-state index contributed by atoms with van der Waals surface area (Å²) >= 11 is 5.14. The van der Waals surface area contributed by atoms with Gasteiger partial charge in [0, 0.05) is 17.3 Å². The highest BCUT2D eigenvalue weighted by atomic mass is 32.1. The van der Waals surface area contributed by atoms with E-state index >= 15 is 0 Å². The van der Waals surface area contributed by atoms with Crippen LogP contribution >= 0.6 is 12.2 Å². The number of thiocarbonyl (C=S) groups is 1. The standard InChI is InChI=1S/C16H16N2O3S/c1-20-13-9-8-12(10-14(13)21-2)17-16(22)18-15(19)11-6-4-3-5-7-11/h3-10H,1-2H3,(H2,17,18,19,22). The third-order valence-electron chi connectivity index (χ3n) is 2.90. The molecule has 0 fully saturated rings. The monoisotopic (exact) mass is 316 g/mol. The van der Waals surface area contributed by atoms with E-state index in [9.17, 15) is 4.79 Å². The Morgan fingerprint density at radius 2 is 1.68 bits per heavy atom. The van der Waals surface area contributed by atoms with Crippen LogP contribution in [0.1, 0.15) is 10.4 Å². The van der Waals surface area contributed by atoms with Gasteiger partial charge in [-0.25, -0.2) is 0 Å². The Morgan fingerprint density at radius 3 is 2.32 bits per heavy atom. The fraction of sp³-hybridized carbons (Fsp3) is 0.125. The van der Waals surface area contributed by atoms with Gasteiger partial charge in [-0.15, -0.1) is 0 Å². The molecule has 0 radical (unpaired) electrons. The first-order chi connectivity index (χ1) is 10.6. The van der Waals surface area contributed by atoms with Gasteiger partial charge in [-0.1, -0.05) is 18.2 Å². The number of hydrogen-bond donors (Lipinski definition) is 2. The molecule has 0 aliphatic heterocycles. The molecular weight excluding hydrogens is 300 g/mol. The van der Waals surface area contributed by atoms with E-state index in [1.807, 2.05) is 6.07 Å². The van der Waals surface area contributed by atoms with E-state index in [1.165, 1.54) is 0 Å². The molecule has 114 valence electrons. The van der Waals surface area contributed by atoms with Gasteiger partial charge in [0.25, 0.3) is 5.91 Å². The highest BCUT2D eigenvalue weighted by molar-refractivity contribution is 7.80. The van der Waals surface area contributed by atoms with E-state index in [4.69, 9.17) is 21.7 Å². The number of rotatable bonds is 4. The fourth-order valence-corrected chi connectivity index (χ4v) is 2.05. The average Bonchev–Trinajstić information content (AvgIpc) is 2.55. The van der Waals surface area contributed by atoms with Crippen molar-refractivity contribution in [3.63, 3.8) is 0 Å². The molecular formula is C16H16N2O3S. The van der Waals surface area contributed by atoms with Crippen molar-refractivity contribution in [1.29, 1.82) is 0 Å². The number of anilines is 1. The minimum Gasteiger partial charge on any atom is -0.493 e. The molecule has 5 nitrogen and oxygen atoms in total. The third-order valence-corrected chi connectivity index (χ3v) is 3.11. The summed E-state index contributed by atoms with van der Waals surface area (Å²) in [5.41, 5.74) is 1.23. The van der Waals surface area contributed by atoms with Crippen LogP contribution in [0.15, 0.2) is 48.5 Å². The average molecular weight is 316 g/mol. The van der Waals surface area contributed by atoms with Crippen LogP contribution in [0.2, 0.25) is 0 Å². The molecule has 2 aromatic rings. The molecule has 0 saturated heterocycles. The van der Waals surface area contributed by atoms with Crippen LogP contribution in [-0.2, 0) is 0 Å². The lowest BCUT2D eigenvalue weighted by molar-refractivity contribution is 0.0977. The maximum absolute atomic E-state index is 12.0. The van der Waals surface area contributed by atoms with Crippen LogP contribution in [0.25, 0.3) is 0 Å². The zero-order chi connectivity index (χ0) is 15.9. The number of carbonyl (C=O) groups is 1. The van der Waals surface area contributed by atoms with Gasteiger partial charge in [0.2, 0.25) is 0 Å². The zero-order valence-electron chi connectivity index (χ0n) is 12.3. The van der Waals surface area contributed by atoms with Crippen molar-refractivity contribution >= 4 is 28.9 Å². The van der Waals surface area contributed by atoms with Gasteiger partial charge in [-0.2, -0.15) is 0 Å². The van der Waals surface area contributed by atoms with Crippen molar-refractivity contribution < 1.29 is 14.3 Å². The van der Waals surface area contributed by atoms with Gasteiger partial charge in [0.15, 0.2) is 16.6 Å². The predicted molar refractivity (Wildman–Crippen MR) is 89.7 cm³/mol. The molecule has 0 heterocycles. The Labute approximate surface area is 134 Å². The van der Waals surface area contributed by atoms with Gasteiger partial charge < -0.3 is 14.8 Å². The molecule has 0 saturated carbocycles.